The highest BCUT2D eigenvalue weighted by Gasteiger charge is 2.55. The SMILES string of the molecule is CC(C)(C)Cc1ccc(C2=C3CC3(c3ccccc3)N=C(c3ccc4c(-c5ccc6ccccc6c5)c5ccccc5c(-c5ccc6ccccc6c5)c4c3)N2)cc1. The molecule has 2 heteroatoms. The Morgan fingerprint density at radius 2 is 1.00 bits per heavy atom. The van der Waals surface area contributed by atoms with Gasteiger partial charge in [-0.3, -0.25) is 4.99 Å². The summed E-state index contributed by atoms with van der Waals surface area (Å²) in [6, 6.07) is 67.2. The van der Waals surface area contributed by atoms with Crippen LogP contribution < -0.4 is 5.32 Å². The minimum atomic E-state index is -0.378. The van der Waals surface area contributed by atoms with Gasteiger partial charge in [0.2, 0.25) is 0 Å². The molecule has 0 amide bonds. The Morgan fingerprint density at radius 1 is 0.483 bits per heavy atom. The summed E-state index contributed by atoms with van der Waals surface area (Å²) in [5, 5.41) is 13.8. The molecule has 0 saturated heterocycles. The number of fused-ring (bicyclic) bond motifs is 5. The van der Waals surface area contributed by atoms with Gasteiger partial charge in [-0.05, 0) is 118 Å². The lowest BCUT2D eigenvalue weighted by molar-refractivity contribution is 0.411. The topological polar surface area (TPSA) is 24.4 Å². The minimum Gasteiger partial charge on any atom is -0.339 e. The van der Waals surface area contributed by atoms with Crippen LogP contribution in [-0.4, -0.2) is 5.84 Å². The third-order valence-corrected chi connectivity index (χ3v) is 12.3. The summed E-state index contributed by atoms with van der Waals surface area (Å²) in [7, 11) is 0. The van der Waals surface area contributed by atoms with Crippen LogP contribution in [0.1, 0.15) is 49.4 Å². The van der Waals surface area contributed by atoms with E-state index in [1.165, 1.54) is 93.3 Å². The van der Waals surface area contributed by atoms with Gasteiger partial charge >= 0.3 is 0 Å². The second kappa shape index (κ2) is 13.1. The first-order valence-corrected chi connectivity index (χ1v) is 20.5. The molecule has 0 radical (unpaired) electrons. The van der Waals surface area contributed by atoms with Crippen molar-refractivity contribution in [2.45, 2.75) is 39.2 Å². The Bertz CT molecular complexity index is 3160. The predicted octanol–water partition coefficient (Wildman–Crippen LogP) is 14.3. The molecule has 9 aromatic rings. The lowest BCUT2D eigenvalue weighted by Gasteiger charge is -2.24. The number of benzene rings is 9. The van der Waals surface area contributed by atoms with Gasteiger partial charge in [0.25, 0.3) is 0 Å². The summed E-state index contributed by atoms with van der Waals surface area (Å²) < 4.78 is 0. The molecular weight excluding hydrogens is 701 g/mol. The van der Waals surface area contributed by atoms with Crippen LogP contribution in [0.15, 0.2) is 193 Å². The molecule has 1 aliphatic carbocycles. The van der Waals surface area contributed by atoms with Crippen molar-refractivity contribution in [3.05, 3.63) is 210 Å². The van der Waals surface area contributed by atoms with Gasteiger partial charge < -0.3 is 5.32 Å². The molecule has 1 saturated carbocycles. The van der Waals surface area contributed by atoms with Crippen LogP contribution in [0, 0.1) is 5.41 Å². The molecular formula is C56H44N2. The number of amidine groups is 1. The van der Waals surface area contributed by atoms with Crippen LogP contribution in [0.3, 0.4) is 0 Å². The van der Waals surface area contributed by atoms with Gasteiger partial charge in [0.15, 0.2) is 0 Å². The first-order chi connectivity index (χ1) is 28.3. The van der Waals surface area contributed by atoms with E-state index in [4.69, 9.17) is 4.99 Å². The van der Waals surface area contributed by atoms with Crippen LogP contribution in [-0.2, 0) is 12.0 Å². The molecule has 58 heavy (non-hydrogen) atoms. The smallest absolute Gasteiger partial charge is 0.134 e. The van der Waals surface area contributed by atoms with E-state index in [1.807, 2.05) is 0 Å². The molecule has 0 bridgehead atoms. The van der Waals surface area contributed by atoms with Gasteiger partial charge in [0, 0.05) is 17.7 Å². The van der Waals surface area contributed by atoms with E-state index in [1.54, 1.807) is 0 Å². The van der Waals surface area contributed by atoms with Crippen LogP contribution in [0.25, 0.3) is 71.0 Å². The molecule has 9 aromatic carbocycles. The summed E-state index contributed by atoms with van der Waals surface area (Å²) in [6.07, 6.45) is 1.94. The van der Waals surface area contributed by atoms with Crippen LogP contribution in [0.2, 0.25) is 0 Å². The largest absolute Gasteiger partial charge is 0.339 e. The average molecular weight is 745 g/mol. The van der Waals surface area contributed by atoms with Gasteiger partial charge in [-0.25, -0.2) is 0 Å². The Labute approximate surface area is 340 Å². The summed E-state index contributed by atoms with van der Waals surface area (Å²) >= 11 is 0. The molecule has 0 aromatic heterocycles. The van der Waals surface area contributed by atoms with Gasteiger partial charge in [-0.2, -0.15) is 0 Å². The van der Waals surface area contributed by atoms with Gasteiger partial charge in [-0.1, -0.05) is 185 Å². The van der Waals surface area contributed by atoms with E-state index in [2.05, 4.69) is 208 Å². The highest BCUT2D eigenvalue weighted by atomic mass is 15.1. The Morgan fingerprint density at radius 3 is 1.62 bits per heavy atom. The van der Waals surface area contributed by atoms with E-state index in [0.717, 1.165) is 24.2 Å². The third kappa shape index (κ3) is 5.82. The van der Waals surface area contributed by atoms with Crippen LogP contribution in [0.5, 0.6) is 0 Å². The maximum atomic E-state index is 5.64. The van der Waals surface area contributed by atoms with Crippen molar-refractivity contribution in [1.82, 2.24) is 5.32 Å². The molecule has 1 heterocycles. The first kappa shape index (κ1) is 34.5. The average Bonchev–Trinajstić information content (AvgIpc) is 4.01. The fourth-order valence-electron chi connectivity index (χ4n) is 9.50. The maximum absolute atomic E-state index is 5.64. The number of aliphatic imine (C=N–C) groups is 1. The van der Waals surface area contributed by atoms with Crippen molar-refractivity contribution in [3.63, 3.8) is 0 Å². The van der Waals surface area contributed by atoms with Crippen molar-refractivity contribution >= 4 is 54.6 Å². The number of rotatable bonds is 6. The normalized spacial score (nSPS) is 16.4. The zero-order valence-corrected chi connectivity index (χ0v) is 33.2. The van der Waals surface area contributed by atoms with Crippen molar-refractivity contribution in [3.8, 4) is 22.3 Å². The van der Waals surface area contributed by atoms with E-state index in [9.17, 15) is 0 Å². The molecule has 2 aliphatic rings. The molecule has 1 aliphatic heterocycles. The van der Waals surface area contributed by atoms with E-state index in [0.29, 0.717) is 0 Å². The molecule has 278 valence electrons. The zero-order chi connectivity index (χ0) is 39.0. The third-order valence-electron chi connectivity index (χ3n) is 12.3. The van der Waals surface area contributed by atoms with Gasteiger partial charge in [0.05, 0.1) is 0 Å². The number of hydrogen-bond donors (Lipinski definition) is 1. The van der Waals surface area contributed by atoms with E-state index >= 15 is 0 Å². The minimum absolute atomic E-state index is 0.229. The molecule has 0 spiro atoms. The van der Waals surface area contributed by atoms with E-state index in [-0.39, 0.29) is 11.0 Å². The molecule has 2 nitrogen and oxygen atoms in total. The lowest BCUT2D eigenvalue weighted by Crippen LogP contribution is -2.29. The van der Waals surface area contributed by atoms with Crippen molar-refractivity contribution in [1.29, 1.82) is 0 Å². The Kier molecular flexibility index (Phi) is 7.81. The van der Waals surface area contributed by atoms with Gasteiger partial charge in [-0.15, -0.1) is 0 Å². The lowest BCUT2D eigenvalue weighted by atomic mass is 9.84. The van der Waals surface area contributed by atoms with Gasteiger partial charge in [0.1, 0.15) is 11.4 Å². The van der Waals surface area contributed by atoms with Crippen molar-refractivity contribution < 1.29 is 0 Å². The maximum Gasteiger partial charge on any atom is 0.134 e. The highest BCUT2D eigenvalue weighted by molar-refractivity contribution is 6.23. The number of hydrogen-bond acceptors (Lipinski definition) is 2. The molecule has 1 N–H and O–H groups in total. The summed E-state index contributed by atoms with van der Waals surface area (Å²) in [5.74, 6) is 0.908. The fraction of sp³-hybridized carbons (Fsp3) is 0.125. The second-order valence-corrected chi connectivity index (χ2v) is 17.5. The van der Waals surface area contributed by atoms with E-state index < -0.39 is 0 Å². The molecule has 1 unspecified atom stereocenters. The molecule has 1 atom stereocenters. The monoisotopic (exact) mass is 744 g/mol. The predicted molar refractivity (Wildman–Crippen MR) is 246 cm³/mol. The Balaban J connectivity index is 1.14. The first-order valence-electron chi connectivity index (χ1n) is 20.5. The van der Waals surface area contributed by atoms with Crippen molar-refractivity contribution in [2.24, 2.45) is 10.4 Å². The standard InChI is InChI=1S/C56H44N2/c1-55(2,3)34-36-21-23-39(24-22-36)53-50-35-56(50,45-17-5-4-6-18-45)58-54(57-53)44-29-30-48-49(33-44)52(43-28-26-38-14-8-10-16-41(38)32-43)47-20-12-11-19-46(47)51(48)42-27-25-37-13-7-9-15-40(37)31-42/h4-33H,34-35H2,1-3H3,(H,57,58). The molecule has 11 rings (SSSR count). The second-order valence-electron chi connectivity index (χ2n) is 17.5. The van der Waals surface area contributed by atoms with Crippen molar-refractivity contribution in [2.75, 3.05) is 0 Å². The number of nitrogens with one attached hydrogen (secondary N) is 1. The summed E-state index contributed by atoms with van der Waals surface area (Å²) in [6.45, 7) is 6.91. The number of nitrogens with zero attached hydrogens (tertiary/aromatic N) is 1. The van der Waals surface area contributed by atoms with Crippen LogP contribution in [0.4, 0.5) is 0 Å². The fourth-order valence-corrected chi connectivity index (χ4v) is 9.50. The Hall–Kier alpha value is -6.77. The summed E-state index contributed by atoms with van der Waals surface area (Å²) in [5.41, 5.74) is 12.2. The van der Waals surface area contributed by atoms with Crippen LogP contribution >= 0.6 is 0 Å². The quantitative estimate of drug-likeness (QED) is 0.168. The highest BCUT2D eigenvalue weighted by Crippen LogP contribution is 2.59. The summed E-state index contributed by atoms with van der Waals surface area (Å²) in [4.78, 5) is 5.64. The molecule has 1 fully saturated rings. The zero-order valence-electron chi connectivity index (χ0n) is 33.2.